The van der Waals surface area contributed by atoms with Gasteiger partial charge in [0.25, 0.3) is 11.8 Å². The molecule has 0 aliphatic rings. The molecule has 3 amide bonds. The van der Waals surface area contributed by atoms with Crippen LogP contribution in [-0.4, -0.2) is 60.8 Å². The molecule has 0 fully saturated rings. The average Bonchev–Trinajstić information content (AvgIpc) is 2.71. The highest BCUT2D eigenvalue weighted by atomic mass is 16.2. The van der Waals surface area contributed by atoms with E-state index in [0.717, 1.165) is 5.56 Å². The van der Waals surface area contributed by atoms with Crippen molar-refractivity contribution < 1.29 is 14.4 Å². The Morgan fingerprint density at radius 3 is 2.24 bits per heavy atom. The minimum Gasteiger partial charge on any atom is -0.342 e. The van der Waals surface area contributed by atoms with E-state index in [1.54, 1.807) is 14.1 Å². The van der Waals surface area contributed by atoms with Gasteiger partial charge in [-0.05, 0) is 17.9 Å². The SMILES string of the molecule is CNN(C)C(=O)[C@H](CC(C)C)NC(=O)[C@H](Cc1ccccc1)NC(=O)C(=N)C=N. The summed E-state index contributed by atoms with van der Waals surface area (Å²) in [5.41, 5.74) is 2.98. The first-order valence-electron chi connectivity index (χ1n) is 9.38. The van der Waals surface area contributed by atoms with E-state index in [2.05, 4.69) is 16.1 Å². The zero-order chi connectivity index (χ0) is 22.0. The van der Waals surface area contributed by atoms with Gasteiger partial charge in [-0.3, -0.25) is 24.8 Å². The lowest BCUT2D eigenvalue weighted by Gasteiger charge is -2.27. The molecule has 9 nitrogen and oxygen atoms in total. The smallest absolute Gasteiger partial charge is 0.271 e. The van der Waals surface area contributed by atoms with E-state index >= 15 is 0 Å². The van der Waals surface area contributed by atoms with Gasteiger partial charge in [0.2, 0.25) is 5.91 Å². The van der Waals surface area contributed by atoms with Gasteiger partial charge in [0.15, 0.2) is 0 Å². The van der Waals surface area contributed by atoms with Crippen LogP contribution in [0, 0.1) is 16.7 Å². The molecule has 0 radical (unpaired) electrons. The molecule has 29 heavy (non-hydrogen) atoms. The van der Waals surface area contributed by atoms with Gasteiger partial charge < -0.3 is 16.0 Å². The summed E-state index contributed by atoms with van der Waals surface area (Å²) in [6.07, 6.45) is 1.23. The third kappa shape index (κ3) is 7.82. The topological polar surface area (TPSA) is 138 Å². The van der Waals surface area contributed by atoms with Crippen molar-refractivity contribution >= 4 is 29.6 Å². The number of carbonyl (C=O) groups is 3. The van der Waals surface area contributed by atoms with Crippen LogP contribution in [0.25, 0.3) is 0 Å². The van der Waals surface area contributed by atoms with Crippen molar-refractivity contribution in [3.63, 3.8) is 0 Å². The van der Waals surface area contributed by atoms with Crippen LogP contribution >= 0.6 is 0 Å². The lowest BCUT2D eigenvalue weighted by Crippen LogP contribution is -2.56. The van der Waals surface area contributed by atoms with E-state index in [1.165, 1.54) is 5.01 Å². The van der Waals surface area contributed by atoms with E-state index in [1.807, 2.05) is 44.2 Å². The number of amides is 3. The molecule has 1 rings (SSSR count). The summed E-state index contributed by atoms with van der Waals surface area (Å²) in [7, 11) is 3.17. The maximum Gasteiger partial charge on any atom is 0.271 e. The third-order valence-corrected chi connectivity index (χ3v) is 4.28. The molecule has 2 atom stereocenters. The first-order valence-corrected chi connectivity index (χ1v) is 9.38. The number of hydrazine groups is 1. The lowest BCUT2D eigenvalue weighted by atomic mass is 10.0. The second-order valence-electron chi connectivity index (χ2n) is 7.09. The van der Waals surface area contributed by atoms with Crippen molar-refractivity contribution in [1.29, 1.82) is 10.8 Å². The lowest BCUT2D eigenvalue weighted by molar-refractivity contribution is -0.138. The number of rotatable bonds is 11. The zero-order valence-electron chi connectivity index (χ0n) is 17.3. The third-order valence-electron chi connectivity index (χ3n) is 4.28. The highest BCUT2D eigenvalue weighted by Gasteiger charge is 2.29. The van der Waals surface area contributed by atoms with Crippen LogP contribution in [0.5, 0.6) is 0 Å². The zero-order valence-corrected chi connectivity index (χ0v) is 17.3. The summed E-state index contributed by atoms with van der Waals surface area (Å²) in [6.45, 7) is 3.89. The molecule has 0 bridgehead atoms. The van der Waals surface area contributed by atoms with Gasteiger partial charge in [0.1, 0.15) is 17.8 Å². The molecule has 0 aromatic heterocycles. The Bertz CT molecular complexity index is 735. The van der Waals surface area contributed by atoms with Gasteiger partial charge in [-0.2, -0.15) is 0 Å². The quantitative estimate of drug-likeness (QED) is 0.272. The fourth-order valence-electron chi connectivity index (χ4n) is 2.67. The number of nitrogens with zero attached hydrogens (tertiary/aromatic N) is 1. The van der Waals surface area contributed by atoms with E-state index in [4.69, 9.17) is 10.8 Å². The average molecular weight is 402 g/mol. The van der Waals surface area contributed by atoms with Gasteiger partial charge in [0.05, 0.1) is 0 Å². The van der Waals surface area contributed by atoms with E-state index in [-0.39, 0.29) is 18.2 Å². The minimum atomic E-state index is -0.993. The molecule has 9 heteroatoms. The summed E-state index contributed by atoms with van der Waals surface area (Å²) in [6, 6.07) is 7.36. The van der Waals surface area contributed by atoms with Crippen molar-refractivity contribution in [3.05, 3.63) is 35.9 Å². The molecule has 0 unspecified atom stereocenters. The maximum absolute atomic E-state index is 13.0. The maximum atomic E-state index is 13.0. The molecule has 0 saturated carbocycles. The van der Waals surface area contributed by atoms with Crippen LogP contribution in [0.4, 0.5) is 0 Å². The second kappa shape index (κ2) is 11.7. The molecule has 0 aliphatic carbocycles. The van der Waals surface area contributed by atoms with Gasteiger partial charge in [-0.15, -0.1) is 0 Å². The predicted molar refractivity (Wildman–Crippen MR) is 112 cm³/mol. The molecular weight excluding hydrogens is 372 g/mol. The summed E-state index contributed by atoms with van der Waals surface area (Å²) >= 11 is 0. The largest absolute Gasteiger partial charge is 0.342 e. The summed E-state index contributed by atoms with van der Waals surface area (Å²) < 4.78 is 0. The van der Waals surface area contributed by atoms with Crippen LogP contribution < -0.4 is 16.1 Å². The summed E-state index contributed by atoms with van der Waals surface area (Å²) in [5, 5.41) is 21.1. The van der Waals surface area contributed by atoms with Crippen molar-refractivity contribution in [2.45, 2.75) is 38.8 Å². The van der Waals surface area contributed by atoms with Crippen molar-refractivity contribution in [2.75, 3.05) is 14.1 Å². The van der Waals surface area contributed by atoms with Gasteiger partial charge in [-0.25, -0.2) is 5.43 Å². The van der Waals surface area contributed by atoms with E-state index < -0.39 is 29.6 Å². The van der Waals surface area contributed by atoms with Gasteiger partial charge >= 0.3 is 0 Å². The fourth-order valence-corrected chi connectivity index (χ4v) is 2.67. The van der Waals surface area contributed by atoms with Crippen molar-refractivity contribution in [3.8, 4) is 0 Å². The van der Waals surface area contributed by atoms with Crippen molar-refractivity contribution in [2.24, 2.45) is 5.92 Å². The molecule has 1 aromatic carbocycles. The molecule has 0 spiro atoms. The molecule has 0 heterocycles. The van der Waals surface area contributed by atoms with Crippen LogP contribution in [0.2, 0.25) is 0 Å². The standard InChI is InChI=1S/C20H30N6O3/c1-13(2)10-17(20(29)26(4)23-3)25-19(28)16(24-18(27)15(22)12-21)11-14-8-6-5-7-9-14/h5-9,12-13,16-17,21-23H,10-11H2,1-4H3,(H,24,27)(H,25,28)/t16-,17-/m0/s1. The number of hydrogen-bond donors (Lipinski definition) is 5. The van der Waals surface area contributed by atoms with Gasteiger partial charge in [-0.1, -0.05) is 44.2 Å². The Kier molecular flexibility index (Phi) is 9.67. The fraction of sp³-hybridized carbons (Fsp3) is 0.450. The highest BCUT2D eigenvalue weighted by Crippen LogP contribution is 2.09. The molecule has 1 aromatic rings. The molecule has 0 aliphatic heterocycles. The van der Waals surface area contributed by atoms with E-state index in [0.29, 0.717) is 12.6 Å². The molecule has 158 valence electrons. The Labute approximate surface area is 171 Å². The highest BCUT2D eigenvalue weighted by molar-refractivity contribution is 6.59. The van der Waals surface area contributed by atoms with Crippen molar-refractivity contribution in [1.82, 2.24) is 21.1 Å². The second-order valence-corrected chi connectivity index (χ2v) is 7.09. The predicted octanol–water partition coefficient (Wildman–Crippen LogP) is 0.507. The number of carbonyl (C=O) groups excluding carboxylic acids is 3. The minimum absolute atomic E-state index is 0.155. The molecule has 5 N–H and O–H groups in total. The number of benzene rings is 1. The molecular formula is C20H30N6O3. The monoisotopic (exact) mass is 402 g/mol. The normalized spacial score (nSPS) is 12.6. The van der Waals surface area contributed by atoms with Gasteiger partial charge in [0, 0.05) is 26.7 Å². The Hall–Kier alpha value is -3.07. The van der Waals surface area contributed by atoms with Crippen LogP contribution in [-0.2, 0) is 20.8 Å². The van der Waals surface area contributed by atoms with E-state index in [9.17, 15) is 14.4 Å². The van der Waals surface area contributed by atoms with Crippen LogP contribution in [0.15, 0.2) is 30.3 Å². The van der Waals surface area contributed by atoms with Crippen LogP contribution in [0.1, 0.15) is 25.8 Å². The number of hydrogen-bond acceptors (Lipinski definition) is 6. The Morgan fingerprint density at radius 2 is 1.72 bits per heavy atom. The first-order chi connectivity index (χ1) is 13.7. The van der Waals surface area contributed by atoms with Crippen LogP contribution in [0.3, 0.4) is 0 Å². The molecule has 0 saturated heterocycles. The first kappa shape index (κ1) is 24.0. The number of likely N-dealkylation sites (N-methyl/N-ethyl adjacent to an activating group) is 1. The summed E-state index contributed by atoms with van der Waals surface area (Å²) in [5.74, 6) is -1.49. The Morgan fingerprint density at radius 1 is 1.10 bits per heavy atom. The summed E-state index contributed by atoms with van der Waals surface area (Å²) in [4.78, 5) is 37.6. The number of nitrogens with one attached hydrogen (secondary N) is 5. The Balaban J connectivity index is 3.05.